The van der Waals surface area contributed by atoms with E-state index >= 15 is 0 Å². The Balaban J connectivity index is 3.17. The monoisotopic (exact) mass is 217 g/mol. The van der Waals surface area contributed by atoms with Gasteiger partial charge < -0.3 is 10.2 Å². The summed E-state index contributed by atoms with van der Waals surface area (Å²) in [5, 5.41) is 17.7. The number of rotatable bonds is 3. The van der Waals surface area contributed by atoms with Crippen molar-refractivity contribution in [2.24, 2.45) is 0 Å². The van der Waals surface area contributed by atoms with Crippen molar-refractivity contribution in [2.45, 2.75) is 19.8 Å². The molecular weight excluding hydrogens is 208 g/mol. The average molecular weight is 217 g/mol. The molecule has 2 N–H and O–H groups in total. The maximum absolute atomic E-state index is 12.4. The van der Waals surface area contributed by atoms with Crippen molar-refractivity contribution in [2.75, 3.05) is 0 Å². The molecule has 0 spiro atoms. The number of aromatic hydroxyl groups is 1. The normalized spacial score (nSPS) is 10.7. The largest absolute Gasteiger partial charge is 0.506 e. The third-order valence-electron chi connectivity index (χ3n) is 1.82. The second-order valence-corrected chi connectivity index (χ2v) is 3.01. The van der Waals surface area contributed by atoms with Gasteiger partial charge in [-0.1, -0.05) is 0 Å². The number of alkyl halides is 2. The van der Waals surface area contributed by atoms with Crippen molar-refractivity contribution in [3.63, 3.8) is 0 Å². The van der Waals surface area contributed by atoms with E-state index in [0.29, 0.717) is 0 Å². The van der Waals surface area contributed by atoms with Crippen LogP contribution < -0.4 is 0 Å². The highest BCUT2D eigenvalue weighted by Gasteiger charge is 2.17. The van der Waals surface area contributed by atoms with Crippen LogP contribution in [0.2, 0.25) is 0 Å². The van der Waals surface area contributed by atoms with E-state index in [1.807, 2.05) is 0 Å². The molecule has 0 bridgehead atoms. The van der Waals surface area contributed by atoms with Gasteiger partial charge in [0.2, 0.25) is 0 Å². The van der Waals surface area contributed by atoms with Crippen LogP contribution in [0.4, 0.5) is 8.78 Å². The maximum Gasteiger partial charge on any atom is 0.309 e. The second kappa shape index (κ2) is 4.20. The summed E-state index contributed by atoms with van der Waals surface area (Å²) in [6, 6.07) is 0.904. The van der Waals surface area contributed by atoms with Crippen LogP contribution in [-0.4, -0.2) is 21.2 Å². The third-order valence-corrected chi connectivity index (χ3v) is 1.82. The highest BCUT2D eigenvalue weighted by molar-refractivity contribution is 5.69. The quantitative estimate of drug-likeness (QED) is 0.807. The smallest absolute Gasteiger partial charge is 0.309 e. The predicted octanol–water partition coefficient (Wildman–Crippen LogP) is 1.66. The van der Waals surface area contributed by atoms with Gasteiger partial charge in [-0.2, -0.15) is 0 Å². The molecule has 0 saturated carbocycles. The summed E-state index contributed by atoms with van der Waals surface area (Å²) in [4.78, 5) is 14.0. The number of hydrogen-bond acceptors (Lipinski definition) is 3. The average Bonchev–Trinajstić information content (AvgIpc) is 2.09. The van der Waals surface area contributed by atoms with Crippen molar-refractivity contribution in [1.29, 1.82) is 0 Å². The van der Waals surface area contributed by atoms with Crippen molar-refractivity contribution < 1.29 is 23.8 Å². The molecule has 0 radical (unpaired) electrons. The molecular formula is C9H9F2NO3. The molecule has 1 aromatic heterocycles. The van der Waals surface area contributed by atoms with Crippen LogP contribution in [0.3, 0.4) is 0 Å². The van der Waals surface area contributed by atoms with Crippen molar-refractivity contribution >= 4 is 5.97 Å². The zero-order valence-electron chi connectivity index (χ0n) is 7.87. The number of halogens is 2. The summed E-state index contributed by atoms with van der Waals surface area (Å²) in [7, 11) is 0. The maximum atomic E-state index is 12.4. The summed E-state index contributed by atoms with van der Waals surface area (Å²) < 4.78 is 24.8. The van der Waals surface area contributed by atoms with E-state index in [1.54, 1.807) is 0 Å². The van der Waals surface area contributed by atoms with Gasteiger partial charge in [-0.3, -0.25) is 9.78 Å². The van der Waals surface area contributed by atoms with Crippen molar-refractivity contribution in [1.82, 2.24) is 4.98 Å². The van der Waals surface area contributed by atoms with Crippen LogP contribution in [0.5, 0.6) is 5.75 Å². The van der Waals surface area contributed by atoms with Gasteiger partial charge in [0.05, 0.1) is 23.4 Å². The molecule has 1 heterocycles. The van der Waals surface area contributed by atoms with E-state index in [2.05, 4.69) is 4.98 Å². The summed E-state index contributed by atoms with van der Waals surface area (Å²) in [5.74, 6) is -1.74. The number of aryl methyl sites for hydroxylation is 1. The van der Waals surface area contributed by atoms with Crippen molar-refractivity contribution in [3.05, 3.63) is 23.0 Å². The lowest BCUT2D eigenvalue weighted by molar-refractivity contribution is -0.136. The highest BCUT2D eigenvalue weighted by Crippen LogP contribution is 2.30. The number of aliphatic carboxylic acids is 1. The SMILES string of the molecule is Cc1nc(CC(=O)O)cc(C(F)F)c1O. The number of aromatic nitrogens is 1. The fraction of sp³-hybridized carbons (Fsp3) is 0.333. The zero-order valence-corrected chi connectivity index (χ0v) is 7.87. The Morgan fingerprint density at radius 3 is 2.67 bits per heavy atom. The molecule has 0 unspecified atom stereocenters. The van der Waals surface area contributed by atoms with E-state index in [0.717, 1.165) is 6.07 Å². The predicted molar refractivity (Wildman–Crippen MR) is 46.9 cm³/mol. The molecule has 82 valence electrons. The van der Waals surface area contributed by atoms with Crippen LogP contribution in [-0.2, 0) is 11.2 Å². The van der Waals surface area contributed by atoms with Gasteiger partial charge in [0.15, 0.2) is 0 Å². The molecule has 0 fully saturated rings. The molecule has 0 aliphatic carbocycles. The molecule has 1 rings (SSSR count). The Hall–Kier alpha value is -1.72. The van der Waals surface area contributed by atoms with E-state index in [-0.39, 0.29) is 11.4 Å². The number of carboxylic acid groups (broad SMARTS) is 1. The van der Waals surface area contributed by atoms with Crippen LogP contribution in [0, 0.1) is 6.92 Å². The number of nitrogens with zero attached hydrogens (tertiary/aromatic N) is 1. The Labute approximate surface area is 84.2 Å². The number of hydrogen-bond donors (Lipinski definition) is 2. The molecule has 4 nitrogen and oxygen atoms in total. The second-order valence-electron chi connectivity index (χ2n) is 3.01. The Kier molecular flexibility index (Phi) is 3.18. The van der Waals surface area contributed by atoms with Gasteiger partial charge in [0, 0.05) is 0 Å². The first-order valence-electron chi connectivity index (χ1n) is 4.11. The zero-order chi connectivity index (χ0) is 11.6. The lowest BCUT2D eigenvalue weighted by atomic mass is 10.1. The van der Waals surface area contributed by atoms with Crippen LogP contribution in [0.25, 0.3) is 0 Å². The van der Waals surface area contributed by atoms with Gasteiger partial charge in [0.25, 0.3) is 6.43 Å². The Morgan fingerprint density at radius 2 is 2.20 bits per heavy atom. The van der Waals surface area contributed by atoms with Crippen LogP contribution in [0.15, 0.2) is 6.07 Å². The number of carboxylic acids is 1. The highest BCUT2D eigenvalue weighted by atomic mass is 19.3. The van der Waals surface area contributed by atoms with E-state index in [4.69, 9.17) is 5.11 Å². The molecule has 0 aromatic carbocycles. The molecule has 0 aliphatic rings. The van der Waals surface area contributed by atoms with E-state index in [1.165, 1.54) is 6.92 Å². The van der Waals surface area contributed by atoms with Gasteiger partial charge in [0.1, 0.15) is 5.75 Å². The minimum atomic E-state index is -2.85. The fourth-order valence-electron chi connectivity index (χ4n) is 1.17. The number of carbonyl (C=O) groups is 1. The van der Waals surface area contributed by atoms with Gasteiger partial charge >= 0.3 is 5.97 Å². The summed E-state index contributed by atoms with van der Waals surface area (Å²) in [5.41, 5.74) is -0.573. The molecule has 6 heteroatoms. The molecule has 0 amide bonds. The van der Waals surface area contributed by atoms with Gasteiger partial charge in [-0.05, 0) is 13.0 Å². The van der Waals surface area contributed by atoms with Gasteiger partial charge in [-0.25, -0.2) is 8.78 Å². The van der Waals surface area contributed by atoms with Crippen LogP contribution in [0.1, 0.15) is 23.4 Å². The first kappa shape index (κ1) is 11.4. The standard InChI is InChI=1S/C9H9F2NO3/c1-4-8(15)6(9(10)11)2-5(12-4)3-7(13)14/h2,9,15H,3H2,1H3,(H,13,14). The van der Waals surface area contributed by atoms with Crippen LogP contribution >= 0.6 is 0 Å². The lowest BCUT2D eigenvalue weighted by Gasteiger charge is -2.07. The first-order chi connectivity index (χ1) is 6.91. The minimum Gasteiger partial charge on any atom is -0.506 e. The van der Waals surface area contributed by atoms with Gasteiger partial charge in [-0.15, -0.1) is 0 Å². The van der Waals surface area contributed by atoms with E-state index < -0.39 is 30.1 Å². The van der Waals surface area contributed by atoms with Crippen molar-refractivity contribution in [3.8, 4) is 5.75 Å². The molecule has 0 atom stereocenters. The molecule has 0 aliphatic heterocycles. The summed E-state index contributed by atoms with van der Waals surface area (Å²) >= 11 is 0. The molecule has 15 heavy (non-hydrogen) atoms. The minimum absolute atomic E-state index is 0.00375. The molecule has 0 saturated heterocycles. The lowest BCUT2D eigenvalue weighted by Crippen LogP contribution is -2.05. The number of pyridine rings is 1. The summed E-state index contributed by atoms with van der Waals surface area (Å²) in [6.45, 7) is 1.34. The molecule has 1 aromatic rings. The Bertz CT molecular complexity index is 393. The third kappa shape index (κ3) is 2.61. The Morgan fingerprint density at radius 1 is 1.60 bits per heavy atom. The van der Waals surface area contributed by atoms with E-state index in [9.17, 15) is 18.7 Å². The topological polar surface area (TPSA) is 70.4 Å². The fourth-order valence-corrected chi connectivity index (χ4v) is 1.17. The summed E-state index contributed by atoms with van der Waals surface area (Å²) in [6.07, 6.45) is -3.29. The first-order valence-corrected chi connectivity index (χ1v) is 4.11.